The number of carbonyl (C=O) groups is 1. The summed E-state index contributed by atoms with van der Waals surface area (Å²) >= 11 is 0. The van der Waals surface area contributed by atoms with Crippen molar-refractivity contribution in [3.63, 3.8) is 0 Å². The van der Waals surface area contributed by atoms with Gasteiger partial charge in [0.15, 0.2) is 0 Å². The molecule has 2 saturated carbocycles. The molecular weight excluding hydrogens is 140 g/mol. The first-order valence-electron chi connectivity index (χ1n) is 4.35. The fourth-order valence-electron chi connectivity index (χ4n) is 2.63. The molecule has 0 spiro atoms. The highest BCUT2D eigenvalue weighted by Gasteiger charge is 2.42. The highest BCUT2D eigenvalue weighted by atomic mass is 16.5. The van der Waals surface area contributed by atoms with E-state index in [2.05, 4.69) is 0 Å². The van der Waals surface area contributed by atoms with E-state index < -0.39 is 0 Å². The van der Waals surface area contributed by atoms with E-state index in [9.17, 15) is 4.79 Å². The van der Waals surface area contributed by atoms with Gasteiger partial charge < -0.3 is 4.74 Å². The minimum absolute atomic E-state index is 0.396. The number of ketones is 1. The maximum atomic E-state index is 11.1. The highest BCUT2D eigenvalue weighted by molar-refractivity contribution is 5.80. The molecule has 2 unspecified atom stereocenters. The minimum Gasteiger partial charge on any atom is -0.381 e. The van der Waals surface area contributed by atoms with Crippen molar-refractivity contribution in [1.82, 2.24) is 0 Å². The summed E-state index contributed by atoms with van der Waals surface area (Å²) in [5, 5.41) is 0. The molecule has 62 valence electrons. The first-order chi connectivity index (χ1) is 5.31. The summed E-state index contributed by atoms with van der Waals surface area (Å²) in [5.74, 6) is 1.54. The Morgan fingerprint density at radius 3 is 2.27 bits per heavy atom. The Morgan fingerprint density at radius 1 is 1.27 bits per heavy atom. The molecule has 2 fully saturated rings. The Kier molecular flexibility index (Phi) is 1.72. The standard InChI is InChI=1S/C9H14O2/c1-11-9-6-2-3-7(9)5-8(10)4-6/h6-7,9H,2-5H2,1H3. The van der Waals surface area contributed by atoms with Crippen LogP contribution in [0.5, 0.6) is 0 Å². The summed E-state index contributed by atoms with van der Waals surface area (Å²) in [7, 11) is 1.77. The fourth-order valence-corrected chi connectivity index (χ4v) is 2.63. The largest absolute Gasteiger partial charge is 0.381 e. The SMILES string of the molecule is COC1C2CCC1CC(=O)C2. The fraction of sp³-hybridized carbons (Fsp3) is 0.889. The summed E-state index contributed by atoms with van der Waals surface area (Å²) in [4.78, 5) is 11.1. The van der Waals surface area contributed by atoms with E-state index in [1.807, 2.05) is 0 Å². The molecule has 2 aliphatic carbocycles. The van der Waals surface area contributed by atoms with Gasteiger partial charge in [-0.05, 0) is 24.7 Å². The predicted octanol–water partition coefficient (Wildman–Crippen LogP) is 1.39. The second-order valence-electron chi connectivity index (χ2n) is 3.74. The van der Waals surface area contributed by atoms with Crippen molar-refractivity contribution < 1.29 is 9.53 Å². The number of Topliss-reactive ketones (excluding diaryl/α,β-unsaturated/α-hetero) is 1. The predicted molar refractivity (Wildman–Crippen MR) is 41.3 cm³/mol. The average Bonchev–Trinajstić information content (AvgIpc) is 2.23. The van der Waals surface area contributed by atoms with Crippen molar-refractivity contribution in [2.75, 3.05) is 7.11 Å². The normalized spacial score (nSPS) is 43.0. The van der Waals surface area contributed by atoms with Gasteiger partial charge in [0.05, 0.1) is 6.10 Å². The average molecular weight is 154 g/mol. The van der Waals surface area contributed by atoms with Gasteiger partial charge in [0.1, 0.15) is 5.78 Å². The molecule has 0 N–H and O–H groups in total. The lowest BCUT2D eigenvalue weighted by atomic mass is 9.85. The third-order valence-corrected chi connectivity index (χ3v) is 3.09. The number of fused-ring (bicyclic) bond motifs is 2. The van der Waals surface area contributed by atoms with Crippen molar-refractivity contribution in [1.29, 1.82) is 0 Å². The van der Waals surface area contributed by atoms with Gasteiger partial charge in [0.25, 0.3) is 0 Å². The maximum absolute atomic E-state index is 11.1. The van der Waals surface area contributed by atoms with Crippen LogP contribution < -0.4 is 0 Å². The van der Waals surface area contributed by atoms with Crippen molar-refractivity contribution in [3.8, 4) is 0 Å². The molecule has 2 nitrogen and oxygen atoms in total. The molecule has 2 bridgehead atoms. The first kappa shape index (κ1) is 7.29. The molecule has 0 saturated heterocycles. The lowest BCUT2D eigenvalue weighted by molar-refractivity contribution is -0.126. The third-order valence-electron chi connectivity index (χ3n) is 3.09. The molecule has 0 aromatic carbocycles. The monoisotopic (exact) mass is 154 g/mol. The topological polar surface area (TPSA) is 26.3 Å². The zero-order chi connectivity index (χ0) is 7.84. The number of ether oxygens (including phenoxy) is 1. The van der Waals surface area contributed by atoms with Gasteiger partial charge in [-0.2, -0.15) is 0 Å². The van der Waals surface area contributed by atoms with Crippen LogP contribution in [0.3, 0.4) is 0 Å². The van der Waals surface area contributed by atoms with Gasteiger partial charge in [-0.25, -0.2) is 0 Å². The van der Waals surface area contributed by atoms with Crippen LogP contribution in [0.25, 0.3) is 0 Å². The molecule has 0 heterocycles. The quantitative estimate of drug-likeness (QED) is 0.570. The van der Waals surface area contributed by atoms with Crippen LogP contribution >= 0.6 is 0 Å². The van der Waals surface area contributed by atoms with E-state index in [1.54, 1.807) is 7.11 Å². The molecule has 2 rings (SSSR count). The van der Waals surface area contributed by atoms with E-state index in [-0.39, 0.29) is 0 Å². The Morgan fingerprint density at radius 2 is 1.82 bits per heavy atom. The van der Waals surface area contributed by atoms with Crippen molar-refractivity contribution in [3.05, 3.63) is 0 Å². The molecule has 0 aliphatic heterocycles. The lowest BCUT2D eigenvalue weighted by Crippen LogP contribution is -2.32. The van der Waals surface area contributed by atoms with Gasteiger partial charge in [0, 0.05) is 20.0 Å². The van der Waals surface area contributed by atoms with Crippen molar-refractivity contribution in [2.24, 2.45) is 11.8 Å². The van der Waals surface area contributed by atoms with Crippen LogP contribution in [0.15, 0.2) is 0 Å². The Hall–Kier alpha value is -0.370. The highest BCUT2D eigenvalue weighted by Crippen LogP contribution is 2.42. The van der Waals surface area contributed by atoms with E-state index >= 15 is 0 Å². The molecule has 0 aromatic rings. The van der Waals surface area contributed by atoms with E-state index in [0.717, 1.165) is 12.8 Å². The number of hydrogen-bond donors (Lipinski definition) is 0. The zero-order valence-corrected chi connectivity index (χ0v) is 6.88. The number of hydrogen-bond acceptors (Lipinski definition) is 2. The second-order valence-corrected chi connectivity index (χ2v) is 3.74. The minimum atomic E-state index is 0.396. The van der Waals surface area contributed by atoms with Crippen LogP contribution in [0, 0.1) is 11.8 Å². The summed E-state index contributed by atoms with van der Waals surface area (Å²) in [5.41, 5.74) is 0. The Balaban J connectivity index is 2.12. The molecular formula is C9H14O2. The van der Waals surface area contributed by atoms with Gasteiger partial charge >= 0.3 is 0 Å². The molecule has 0 aromatic heterocycles. The summed E-state index contributed by atoms with van der Waals surface area (Å²) in [6, 6.07) is 0. The first-order valence-corrected chi connectivity index (χ1v) is 4.35. The molecule has 2 heteroatoms. The van der Waals surface area contributed by atoms with E-state index in [4.69, 9.17) is 4.74 Å². The molecule has 2 aliphatic rings. The maximum Gasteiger partial charge on any atom is 0.133 e. The van der Waals surface area contributed by atoms with Crippen LogP contribution in [-0.2, 0) is 9.53 Å². The van der Waals surface area contributed by atoms with Gasteiger partial charge in [-0.15, -0.1) is 0 Å². The number of rotatable bonds is 1. The van der Waals surface area contributed by atoms with Crippen LogP contribution in [0.4, 0.5) is 0 Å². The summed E-state index contributed by atoms with van der Waals surface area (Å²) < 4.78 is 5.37. The van der Waals surface area contributed by atoms with Crippen LogP contribution in [0.1, 0.15) is 25.7 Å². The number of methoxy groups -OCH3 is 1. The molecule has 2 atom stereocenters. The van der Waals surface area contributed by atoms with Crippen LogP contribution in [0.2, 0.25) is 0 Å². The summed E-state index contributed by atoms with van der Waals surface area (Å²) in [6.45, 7) is 0. The van der Waals surface area contributed by atoms with Gasteiger partial charge in [-0.1, -0.05) is 0 Å². The molecule has 0 amide bonds. The van der Waals surface area contributed by atoms with Crippen molar-refractivity contribution >= 4 is 5.78 Å². The summed E-state index contributed by atoms with van der Waals surface area (Å²) in [6.07, 6.45) is 4.35. The van der Waals surface area contributed by atoms with Gasteiger partial charge in [-0.3, -0.25) is 4.79 Å². The third kappa shape index (κ3) is 1.09. The second kappa shape index (κ2) is 2.59. The molecule has 11 heavy (non-hydrogen) atoms. The smallest absolute Gasteiger partial charge is 0.133 e. The van der Waals surface area contributed by atoms with E-state index in [1.165, 1.54) is 12.8 Å². The zero-order valence-electron chi connectivity index (χ0n) is 6.88. The van der Waals surface area contributed by atoms with E-state index in [0.29, 0.717) is 23.7 Å². The van der Waals surface area contributed by atoms with Crippen LogP contribution in [-0.4, -0.2) is 19.0 Å². The number of carbonyl (C=O) groups excluding carboxylic acids is 1. The Bertz CT molecular complexity index is 160. The van der Waals surface area contributed by atoms with Gasteiger partial charge in [0.2, 0.25) is 0 Å². The Labute approximate surface area is 66.9 Å². The lowest BCUT2D eigenvalue weighted by Gasteiger charge is -2.27. The molecule has 0 radical (unpaired) electrons. The van der Waals surface area contributed by atoms with Crippen molar-refractivity contribution in [2.45, 2.75) is 31.8 Å².